The standard InChI is InChI=1S/C14H16FNO4/c1-14(2,3)20-13(19)16-10-7-9(15)5-4-8(10)6-11(16)12(17)18/h4-5,7,11H,6H2,1-3H3,(H,17,18)/t11-/m0/s1. The Morgan fingerprint density at radius 1 is 1.40 bits per heavy atom. The van der Waals surface area contributed by atoms with Crippen molar-refractivity contribution in [3.05, 3.63) is 29.6 Å². The van der Waals surface area contributed by atoms with E-state index in [0.29, 0.717) is 5.56 Å². The first-order valence-electron chi connectivity index (χ1n) is 6.22. The summed E-state index contributed by atoms with van der Waals surface area (Å²) in [5.41, 5.74) is 0.118. The fraction of sp³-hybridized carbons (Fsp3) is 0.429. The van der Waals surface area contributed by atoms with Gasteiger partial charge in [-0.15, -0.1) is 0 Å². The second-order valence-corrected chi connectivity index (χ2v) is 5.68. The van der Waals surface area contributed by atoms with Gasteiger partial charge in [-0.2, -0.15) is 0 Å². The van der Waals surface area contributed by atoms with Gasteiger partial charge in [0.25, 0.3) is 0 Å². The molecule has 6 heteroatoms. The van der Waals surface area contributed by atoms with E-state index in [4.69, 9.17) is 4.74 Å². The van der Waals surface area contributed by atoms with Gasteiger partial charge >= 0.3 is 12.1 Å². The third-order valence-electron chi connectivity index (χ3n) is 2.91. The Morgan fingerprint density at radius 3 is 2.60 bits per heavy atom. The summed E-state index contributed by atoms with van der Waals surface area (Å²) in [6, 6.07) is 2.82. The van der Waals surface area contributed by atoms with E-state index in [1.807, 2.05) is 0 Å². The second-order valence-electron chi connectivity index (χ2n) is 5.68. The summed E-state index contributed by atoms with van der Waals surface area (Å²) in [5, 5.41) is 9.23. The van der Waals surface area contributed by atoms with Gasteiger partial charge in [-0.3, -0.25) is 4.90 Å². The number of ether oxygens (including phenoxy) is 1. The minimum atomic E-state index is -1.15. The van der Waals surface area contributed by atoms with Crippen LogP contribution in [0.25, 0.3) is 0 Å². The maximum Gasteiger partial charge on any atom is 0.415 e. The van der Waals surface area contributed by atoms with Crippen molar-refractivity contribution in [2.24, 2.45) is 0 Å². The van der Waals surface area contributed by atoms with Crippen LogP contribution in [0.5, 0.6) is 0 Å². The number of halogens is 1. The lowest BCUT2D eigenvalue weighted by Gasteiger charge is -2.27. The van der Waals surface area contributed by atoms with Crippen LogP contribution in [-0.4, -0.2) is 28.8 Å². The number of benzene rings is 1. The van der Waals surface area contributed by atoms with Crippen LogP contribution >= 0.6 is 0 Å². The molecule has 1 aliphatic heterocycles. The number of carboxylic acids is 1. The number of hydrogen-bond donors (Lipinski definition) is 1. The van der Waals surface area contributed by atoms with E-state index in [1.165, 1.54) is 12.1 Å². The predicted octanol–water partition coefficient (Wildman–Crippen LogP) is 2.58. The van der Waals surface area contributed by atoms with Crippen molar-refractivity contribution in [2.75, 3.05) is 4.90 Å². The van der Waals surface area contributed by atoms with Gasteiger partial charge in [0.2, 0.25) is 0 Å². The van der Waals surface area contributed by atoms with Crippen LogP contribution in [-0.2, 0) is 16.0 Å². The number of carbonyl (C=O) groups is 2. The highest BCUT2D eigenvalue weighted by atomic mass is 19.1. The number of rotatable bonds is 1. The molecule has 0 saturated heterocycles. The van der Waals surface area contributed by atoms with Crippen molar-refractivity contribution >= 4 is 17.7 Å². The van der Waals surface area contributed by atoms with E-state index >= 15 is 0 Å². The van der Waals surface area contributed by atoms with Gasteiger partial charge < -0.3 is 9.84 Å². The first-order valence-corrected chi connectivity index (χ1v) is 6.22. The molecule has 2 rings (SSSR count). The highest BCUT2D eigenvalue weighted by molar-refractivity contribution is 5.98. The molecule has 1 aromatic carbocycles. The highest BCUT2D eigenvalue weighted by Crippen LogP contribution is 2.34. The second kappa shape index (κ2) is 4.77. The SMILES string of the molecule is CC(C)(C)OC(=O)N1c2cc(F)ccc2C[C@H]1C(=O)O. The molecule has 1 N–H and O–H groups in total. The number of nitrogens with zero attached hydrogens (tertiary/aromatic N) is 1. The normalized spacial score (nSPS) is 17.8. The summed E-state index contributed by atoms with van der Waals surface area (Å²) < 4.78 is 18.5. The molecule has 0 radical (unpaired) electrons. The number of carboxylic acid groups (broad SMARTS) is 1. The molecule has 1 aromatic rings. The molecule has 1 atom stereocenters. The Balaban J connectivity index is 2.39. The number of anilines is 1. The van der Waals surface area contributed by atoms with Crippen LogP contribution in [0.15, 0.2) is 18.2 Å². The molecule has 0 saturated carbocycles. The zero-order valence-corrected chi connectivity index (χ0v) is 11.5. The minimum absolute atomic E-state index is 0.143. The zero-order chi connectivity index (χ0) is 15.1. The molecule has 0 spiro atoms. The lowest BCUT2D eigenvalue weighted by Crippen LogP contribution is -2.45. The molecule has 5 nitrogen and oxygen atoms in total. The average molecular weight is 281 g/mol. The fourth-order valence-corrected chi connectivity index (χ4v) is 2.14. The van der Waals surface area contributed by atoms with Crippen LogP contribution in [0.2, 0.25) is 0 Å². The molecule has 0 fully saturated rings. The lowest BCUT2D eigenvalue weighted by molar-refractivity contribution is -0.138. The topological polar surface area (TPSA) is 66.8 Å². The van der Waals surface area contributed by atoms with Crippen molar-refractivity contribution in [2.45, 2.75) is 38.8 Å². The quantitative estimate of drug-likeness (QED) is 0.859. The molecule has 108 valence electrons. The van der Waals surface area contributed by atoms with Crippen LogP contribution in [0.1, 0.15) is 26.3 Å². The van der Waals surface area contributed by atoms with E-state index in [1.54, 1.807) is 20.8 Å². The minimum Gasteiger partial charge on any atom is -0.480 e. The summed E-state index contributed by atoms with van der Waals surface area (Å²) in [7, 11) is 0. The highest BCUT2D eigenvalue weighted by Gasteiger charge is 2.40. The summed E-state index contributed by atoms with van der Waals surface area (Å²) in [5.74, 6) is -1.67. The summed E-state index contributed by atoms with van der Waals surface area (Å²) in [6.07, 6.45) is -0.640. The molecule has 0 aliphatic carbocycles. The van der Waals surface area contributed by atoms with Gasteiger partial charge in [0.05, 0.1) is 5.69 Å². The van der Waals surface area contributed by atoms with E-state index < -0.39 is 29.5 Å². The lowest BCUT2D eigenvalue weighted by atomic mass is 10.1. The van der Waals surface area contributed by atoms with Gasteiger partial charge in [-0.25, -0.2) is 14.0 Å². The summed E-state index contributed by atoms with van der Waals surface area (Å²) in [4.78, 5) is 24.5. The Kier molecular flexibility index (Phi) is 3.41. The van der Waals surface area contributed by atoms with Gasteiger partial charge in [-0.05, 0) is 38.5 Å². The monoisotopic (exact) mass is 281 g/mol. The van der Waals surface area contributed by atoms with E-state index in [0.717, 1.165) is 11.0 Å². The van der Waals surface area contributed by atoms with Crippen LogP contribution in [0.3, 0.4) is 0 Å². The Hall–Kier alpha value is -2.11. The molecule has 1 heterocycles. The molecular formula is C14H16FNO4. The Morgan fingerprint density at radius 2 is 2.05 bits per heavy atom. The van der Waals surface area contributed by atoms with Crippen molar-refractivity contribution in [1.82, 2.24) is 0 Å². The van der Waals surface area contributed by atoms with Crippen molar-refractivity contribution < 1.29 is 23.8 Å². The summed E-state index contributed by atoms with van der Waals surface area (Å²) >= 11 is 0. The Labute approximate surface area is 116 Å². The summed E-state index contributed by atoms with van der Waals surface area (Å²) in [6.45, 7) is 5.05. The van der Waals surface area contributed by atoms with Crippen LogP contribution < -0.4 is 4.90 Å². The van der Waals surface area contributed by atoms with Crippen molar-refractivity contribution in [1.29, 1.82) is 0 Å². The number of amides is 1. The maximum atomic E-state index is 13.3. The van der Waals surface area contributed by atoms with Gasteiger partial charge in [0, 0.05) is 6.42 Å². The van der Waals surface area contributed by atoms with E-state index in [2.05, 4.69) is 0 Å². The Bertz CT molecular complexity index is 565. The molecule has 0 unspecified atom stereocenters. The zero-order valence-electron chi connectivity index (χ0n) is 11.5. The first kappa shape index (κ1) is 14.3. The molecule has 20 heavy (non-hydrogen) atoms. The van der Waals surface area contributed by atoms with Crippen LogP contribution in [0, 0.1) is 5.82 Å². The number of aliphatic carboxylic acids is 1. The number of fused-ring (bicyclic) bond motifs is 1. The average Bonchev–Trinajstić information content (AvgIpc) is 2.65. The number of carbonyl (C=O) groups excluding carboxylic acids is 1. The first-order chi connectivity index (χ1) is 9.19. The molecule has 1 amide bonds. The third kappa shape index (κ3) is 2.74. The predicted molar refractivity (Wildman–Crippen MR) is 70.2 cm³/mol. The maximum absolute atomic E-state index is 13.3. The molecule has 1 aliphatic rings. The fourth-order valence-electron chi connectivity index (χ4n) is 2.14. The third-order valence-corrected chi connectivity index (χ3v) is 2.91. The largest absolute Gasteiger partial charge is 0.480 e. The van der Waals surface area contributed by atoms with Crippen molar-refractivity contribution in [3.8, 4) is 0 Å². The van der Waals surface area contributed by atoms with E-state index in [-0.39, 0.29) is 12.1 Å². The van der Waals surface area contributed by atoms with Gasteiger partial charge in [-0.1, -0.05) is 6.07 Å². The molecule has 0 aromatic heterocycles. The van der Waals surface area contributed by atoms with Gasteiger partial charge in [0.15, 0.2) is 0 Å². The molecule has 0 bridgehead atoms. The molecular weight excluding hydrogens is 265 g/mol. The van der Waals surface area contributed by atoms with E-state index in [9.17, 15) is 19.1 Å². The van der Waals surface area contributed by atoms with Crippen molar-refractivity contribution in [3.63, 3.8) is 0 Å². The van der Waals surface area contributed by atoms with Crippen LogP contribution in [0.4, 0.5) is 14.9 Å². The van der Waals surface area contributed by atoms with Gasteiger partial charge in [0.1, 0.15) is 17.5 Å². The smallest absolute Gasteiger partial charge is 0.415 e. The number of hydrogen-bond acceptors (Lipinski definition) is 3.